The van der Waals surface area contributed by atoms with Crippen LogP contribution in [0.3, 0.4) is 0 Å². The van der Waals surface area contributed by atoms with E-state index in [1.165, 1.54) is 4.42 Å². The molecule has 0 saturated heterocycles. The van der Waals surface area contributed by atoms with E-state index in [1.807, 2.05) is 18.2 Å². The standard InChI is InChI=1S/C5H6ClNS/c6-7-4-2-1-3-5(7)8/h1-5,8H. The van der Waals surface area contributed by atoms with Crippen LogP contribution in [-0.2, 0) is 0 Å². The zero-order valence-corrected chi connectivity index (χ0v) is 5.81. The van der Waals surface area contributed by atoms with Gasteiger partial charge in [0.25, 0.3) is 0 Å². The van der Waals surface area contributed by atoms with E-state index >= 15 is 0 Å². The van der Waals surface area contributed by atoms with Crippen molar-refractivity contribution in [1.29, 1.82) is 0 Å². The third-order valence-electron chi connectivity index (χ3n) is 0.876. The summed E-state index contributed by atoms with van der Waals surface area (Å²) in [5.41, 5.74) is 0. The lowest BCUT2D eigenvalue weighted by Gasteiger charge is -2.16. The summed E-state index contributed by atoms with van der Waals surface area (Å²) in [5, 5.41) is 0.0293. The lowest BCUT2D eigenvalue weighted by atomic mass is 10.4. The van der Waals surface area contributed by atoms with Gasteiger partial charge in [0.2, 0.25) is 0 Å². The molecule has 1 aliphatic heterocycles. The van der Waals surface area contributed by atoms with Crippen LogP contribution in [0.4, 0.5) is 0 Å². The van der Waals surface area contributed by atoms with Crippen molar-refractivity contribution in [1.82, 2.24) is 4.42 Å². The summed E-state index contributed by atoms with van der Waals surface area (Å²) < 4.78 is 1.50. The van der Waals surface area contributed by atoms with Crippen LogP contribution in [0.5, 0.6) is 0 Å². The van der Waals surface area contributed by atoms with Crippen LogP contribution in [-0.4, -0.2) is 9.79 Å². The molecule has 1 heterocycles. The van der Waals surface area contributed by atoms with E-state index in [0.717, 1.165) is 0 Å². The molecule has 44 valence electrons. The van der Waals surface area contributed by atoms with Gasteiger partial charge < -0.3 is 0 Å². The number of thiol groups is 1. The summed E-state index contributed by atoms with van der Waals surface area (Å²) in [5.74, 6) is 0. The molecule has 0 amide bonds. The van der Waals surface area contributed by atoms with Crippen molar-refractivity contribution in [3.63, 3.8) is 0 Å². The molecule has 1 unspecified atom stereocenters. The maximum Gasteiger partial charge on any atom is 0.106 e. The minimum absolute atomic E-state index is 0.0293. The van der Waals surface area contributed by atoms with Gasteiger partial charge in [-0.3, -0.25) is 4.42 Å². The van der Waals surface area contributed by atoms with Gasteiger partial charge in [-0.2, -0.15) is 0 Å². The normalized spacial score (nSPS) is 26.8. The van der Waals surface area contributed by atoms with Crippen LogP contribution in [0.1, 0.15) is 0 Å². The van der Waals surface area contributed by atoms with Crippen LogP contribution in [0.15, 0.2) is 24.4 Å². The Kier molecular flexibility index (Phi) is 1.86. The van der Waals surface area contributed by atoms with Crippen molar-refractivity contribution in [2.75, 3.05) is 0 Å². The molecule has 1 nitrogen and oxygen atoms in total. The molecule has 0 aromatic carbocycles. The fourth-order valence-electron chi connectivity index (χ4n) is 0.466. The maximum atomic E-state index is 5.59. The van der Waals surface area contributed by atoms with Gasteiger partial charge in [0, 0.05) is 18.0 Å². The number of hydrogen-bond acceptors (Lipinski definition) is 2. The first-order valence-corrected chi connectivity index (χ1v) is 3.13. The van der Waals surface area contributed by atoms with Gasteiger partial charge in [-0.15, -0.1) is 12.6 Å². The number of halogens is 1. The Morgan fingerprint density at radius 3 is 2.62 bits per heavy atom. The second-order valence-corrected chi connectivity index (χ2v) is 2.40. The van der Waals surface area contributed by atoms with E-state index < -0.39 is 0 Å². The van der Waals surface area contributed by atoms with Gasteiger partial charge in [0.1, 0.15) is 5.37 Å². The first-order chi connectivity index (χ1) is 3.80. The highest BCUT2D eigenvalue weighted by molar-refractivity contribution is 7.81. The van der Waals surface area contributed by atoms with Crippen LogP contribution >= 0.6 is 24.4 Å². The van der Waals surface area contributed by atoms with Crippen LogP contribution in [0, 0.1) is 0 Å². The van der Waals surface area contributed by atoms with Crippen LogP contribution in [0.25, 0.3) is 0 Å². The summed E-state index contributed by atoms with van der Waals surface area (Å²) in [7, 11) is 0. The van der Waals surface area contributed by atoms with E-state index in [0.29, 0.717) is 0 Å². The Morgan fingerprint density at radius 2 is 2.25 bits per heavy atom. The molecule has 0 saturated carbocycles. The second kappa shape index (κ2) is 2.46. The third-order valence-corrected chi connectivity index (χ3v) is 1.76. The van der Waals surface area contributed by atoms with E-state index in [1.54, 1.807) is 6.20 Å². The fraction of sp³-hybridized carbons (Fsp3) is 0.200. The molecule has 0 radical (unpaired) electrons. The molecule has 0 N–H and O–H groups in total. The molecule has 0 aliphatic carbocycles. The quantitative estimate of drug-likeness (QED) is 0.404. The van der Waals surface area contributed by atoms with Crippen molar-refractivity contribution in [3.8, 4) is 0 Å². The molecule has 1 rings (SSSR count). The zero-order valence-electron chi connectivity index (χ0n) is 4.16. The van der Waals surface area contributed by atoms with Gasteiger partial charge in [-0.25, -0.2) is 0 Å². The first-order valence-electron chi connectivity index (χ1n) is 2.28. The molecule has 0 spiro atoms. The van der Waals surface area contributed by atoms with E-state index in [4.69, 9.17) is 11.8 Å². The molecule has 8 heavy (non-hydrogen) atoms. The van der Waals surface area contributed by atoms with Gasteiger partial charge in [-0.05, 0) is 6.08 Å². The van der Waals surface area contributed by atoms with Crippen molar-refractivity contribution in [2.45, 2.75) is 5.37 Å². The lowest BCUT2D eigenvalue weighted by molar-refractivity contribution is 0.632. The average molecular weight is 148 g/mol. The molecular weight excluding hydrogens is 142 g/mol. The largest absolute Gasteiger partial charge is 0.276 e. The predicted octanol–water partition coefficient (Wildman–Crippen LogP) is 1.78. The topological polar surface area (TPSA) is 3.24 Å². The van der Waals surface area contributed by atoms with Crippen molar-refractivity contribution in [2.24, 2.45) is 0 Å². The average Bonchev–Trinajstić information content (AvgIpc) is 1.77. The van der Waals surface area contributed by atoms with Crippen LogP contribution in [0.2, 0.25) is 0 Å². The van der Waals surface area contributed by atoms with Gasteiger partial charge in [-0.1, -0.05) is 12.2 Å². The van der Waals surface area contributed by atoms with Crippen molar-refractivity contribution < 1.29 is 0 Å². The van der Waals surface area contributed by atoms with Gasteiger partial charge in [0.05, 0.1) is 0 Å². The molecule has 0 bridgehead atoms. The highest BCUT2D eigenvalue weighted by Gasteiger charge is 2.04. The van der Waals surface area contributed by atoms with Crippen LogP contribution < -0.4 is 0 Å². The number of rotatable bonds is 0. The minimum Gasteiger partial charge on any atom is -0.276 e. The Bertz CT molecular complexity index is 116. The summed E-state index contributed by atoms with van der Waals surface area (Å²) in [6.45, 7) is 0. The molecule has 0 aromatic rings. The molecule has 1 aliphatic rings. The van der Waals surface area contributed by atoms with E-state index in [9.17, 15) is 0 Å². The van der Waals surface area contributed by atoms with E-state index in [2.05, 4.69) is 12.6 Å². The Balaban J connectivity index is 2.59. The molecule has 3 heteroatoms. The lowest BCUT2D eigenvalue weighted by Crippen LogP contribution is -2.14. The van der Waals surface area contributed by atoms with Crippen molar-refractivity contribution in [3.05, 3.63) is 24.4 Å². The molecule has 0 fully saturated rings. The monoisotopic (exact) mass is 147 g/mol. The van der Waals surface area contributed by atoms with E-state index in [-0.39, 0.29) is 5.37 Å². The summed E-state index contributed by atoms with van der Waals surface area (Å²) in [6.07, 6.45) is 7.44. The number of nitrogens with zero attached hydrogens (tertiary/aromatic N) is 1. The zero-order chi connectivity index (χ0) is 5.98. The Hall–Kier alpha value is -0.0800. The Labute approximate surface area is 59.1 Å². The Morgan fingerprint density at radius 1 is 1.50 bits per heavy atom. The third kappa shape index (κ3) is 1.20. The smallest absolute Gasteiger partial charge is 0.106 e. The number of hydrogen-bond donors (Lipinski definition) is 1. The number of allylic oxidation sites excluding steroid dienone is 2. The minimum atomic E-state index is 0.0293. The van der Waals surface area contributed by atoms with Gasteiger partial charge >= 0.3 is 0 Å². The molecule has 1 atom stereocenters. The highest BCUT2D eigenvalue weighted by Crippen LogP contribution is 2.12. The first kappa shape index (κ1) is 6.05. The fourth-order valence-corrected chi connectivity index (χ4v) is 0.772. The van der Waals surface area contributed by atoms with Gasteiger partial charge in [0.15, 0.2) is 0 Å². The summed E-state index contributed by atoms with van der Waals surface area (Å²) in [4.78, 5) is 0. The summed E-state index contributed by atoms with van der Waals surface area (Å²) in [6, 6.07) is 0. The predicted molar refractivity (Wildman–Crippen MR) is 38.7 cm³/mol. The molecular formula is C5H6ClNS. The summed E-state index contributed by atoms with van der Waals surface area (Å²) >= 11 is 9.70. The molecule has 0 aromatic heterocycles. The second-order valence-electron chi connectivity index (χ2n) is 1.48. The SMILES string of the molecule is SC1C=CC=CN1Cl. The maximum absolute atomic E-state index is 5.59. The van der Waals surface area contributed by atoms with Crippen molar-refractivity contribution >= 4 is 24.4 Å². The highest BCUT2D eigenvalue weighted by atomic mass is 35.5.